The van der Waals surface area contributed by atoms with Gasteiger partial charge in [-0.25, -0.2) is 17.2 Å². The van der Waals surface area contributed by atoms with Crippen molar-refractivity contribution in [2.75, 3.05) is 6.61 Å². The van der Waals surface area contributed by atoms with Gasteiger partial charge in [-0.05, 0) is 0 Å². The van der Waals surface area contributed by atoms with Gasteiger partial charge in [-0.3, -0.25) is 4.18 Å². The van der Waals surface area contributed by atoms with Crippen molar-refractivity contribution in [1.82, 2.24) is 0 Å². The molecule has 0 rings (SSSR count). The van der Waals surface area contributed by atoms with E-state index in [0.29, 0.717) is 0 Å². The van der Waals surface area contributed by atoms with Gasteiger partial charge in [0.2, 0.25) is 10.4 Å². The molecule has 13 heteroatoms. The first-order valence-electron chi connectivity index (χ1n) is 3.67. The first kappa shape index (κ1) is 17.3. The van der Waals surface area contributed by atoms with E-state index in [4.69, 9.17) is 0 Å². The molecule has 0 aromatic carbocycles. The second-order valence-electron chi connectivity index (χ2n) is 2.87. The van der Waals surface area contributed by atoms with Crippen LogP contribution in [0.25, 0.3) is 0 Å². The van der Waals surface area contributed by atoms with Crippen molar-refractivity contribution in [1.29, 1.82) is 0 Å². The van der Waals surface area contributed by atoms with Gasteiger partial charge in [-0.2, -0.15) is 26.3 Å². The quantitative estimate of drug-likeness (QED) is 0.425. The van der Waals surface area contributed by atoms with Crippen molar-refractivity contribution in [3.63, 3.8) is 0 Å². The Kier molecular flexibility index (Phi) is 4.59. The van der Waals surface area contributed by atoms with Crippen molar-refractivity contribution >= 4 is 10.4 Å². The third-order valence-corrected chi connectivity index (χ3v) is 1.94. The predicted molar refractivity (Wildman–Crippen MR) is 36.5 cm³/mol. The fourth-order valence-corrected chi connectivity index (χ4v) is 0.910. The average Bonchev–Trinajstić information content (AvgIpc) is 2.13. The lowest BCUT2D eigenvalue weighted by atomic mass is 10.1. The maximum atomic E-state index is 12.5. The van der Waals surface area contributed by atoms with Crippen LogP contribution in [0, 0.1) is 0 Å². The van der Waals surface area contributed by atoms with Crippen LogP contribution in [0.1, 0.15) is 0 Å². The molecular formula is C5H3F8O4S-. The summed E-state index contributed by atoms with van der Waals surface area (Å²) in [6.07, 6.45) is -5.14. The topological polar surface area (TPSA) is 66.4 Å². The highest BCUT2D eigenvalue weighted by Gasteiger charge is 2.75. The summed E-state index contributed by atoms with van der Waals surface area (Å²) in [7, 11) is -5.88. The van der Waals surface area contributed by atoms with Gasteiger partial charge in [0.25, 0.3) is 0 Å². The summed E-state index contributed by atoms with van der Waals surface area (Å²) in [6.45, 7) is -2.99. The average molecular weight is 311 g/mol. The van der Waals surface area contributed by atoms with Gasteiger partial charge in [0.15, 0.2) is 0 Å². The molecule has 0 aliphatic rings. The largest absolute Gasteiger partial charge is 0.726 e. The van der Waals surface area contributed by atoms with Crippen molar-refractivity contribution < 1.29 is 52.3 Å². The molecule has 0 aliphatic carbocycles. The third-order valence-electron chi connectivity index (χ3n) is 1.54. The standard InChI is InChI=1S/C5H4F8O4S/c6-2(7)4(10,11)5(12,13)3(8,9)1-17-18(14,15)16/h2H,1H2,(H,14,15,16)/p-1. The summed E-state index contributed by atoms with van der Waals surface area (Å²) >= 11 is 0. The van der Waals surface area contributed by atoms with E-state index in [0.717, 1.165) is 0 Å². The molecule has 0 bridgehead atoms. The molecule has 0 saturated heterocycles. The molecule has 0 saturated carbocycles. The van der Waals surface area contributed by atoms with E-state index >= 15 is 0 Å². The Morgan fingerprint density at radius 1 is 1.06 bits per heavy atom. The number of alkyl halides is 8. The van der Waals surface area contributed by atoms with E-state index in [-0.39, 0.29) is 0 Å². The molecule has 0 aromatic heterocycles. The highest BCUT2D eigenvalue weighted by molar-refractivity contribution is 7.80. The molecule has 18 heavy (non-hydrogen) atoms. The minimum absolute atomic E-state index is 2.66. The molecule has 0 radical (unpaired) electrons. The first-order chi connectivity index (χ1) is 7.65. The van der Waals surface area contributed by atoms with Crippen LogP contribution in [0.4, 0.5) is 35.1 Å². The second-order valence-corrected chi connectivity index (χ2v) is 3.93. The second kappa shape index (κ2) is 4.77. The van der Waals surface area contributed by atoms with Crippen molar-refractivity contribution in [2.45, 2.75) is 24.2 Å². The third kappa shape index (κ3) is 3.41. The number of rotatable bonds is 6. The maximum absolute atomic E-state index is 12.5. The molecule has 0 aliphatic heterocycles. The zero-order valence-electron chi connectivity index (χ0n) is 7.85. The Labute approximate surface area is 94.5 Å². The van der Waals surface area contributed by atoms with Gasteiger partial charge in [0.1, 0.15) is 6.61 Å². The molecule has 0 spiro atoms. The monoisotopic (exact) mass is 311 g/mol. The van der Waals surface area contributed by atoms with Crippen LogP contribution < -0.4 is 0 Å². The zero-order valence-corrected chi connectivity index (χ0v) is 8.67. The van der Waals surface area contributed by atoms with Crippen LogP contribution in [0.15, 0.2) is 0 Å². The van der Waals surface area contributed by atoms with Crippen LogP contribution in [0.5, 0.6) is 0 Å². The highest BCUT2D eigenvalue weighted by Crippen LogP contribution is 2.48. The fourth-order valence-electron chi connectivity index (χ4n) is 0.618. The molecule has 0 N–H and O–H groups in total. The molecular weight excluding hydrogens is 308 g/mol. The van der Waals surface area contributed by atoms with Gasteiger partial charge in [0, 0.05) is 0 Å². The SMILES string of the molecule is O=S(=O)([O-])OCC(F)(F)C(F)(F)C(F)(F)C(F)F. The number of hydrogen-bond acceptors (Lipinski definition) is 4. The molecule has 0 amide bonds. The van der Waals surface area contributed by atoms with Crippen LogP contribution in [-0.4, -0.2) is 43.8 Å². The molecule has 0 aromatic rings. The summed E-state index contributed by atoms with van der Waals surface area (Å²) in [4.78, 5) is 0. The lowest BCUT2D eigenvalue weighted by Gasteiger charge is -2.31. The summed E-state index contributed by atoms with van der Waals surface area (Å²) < 4.78 is 129. The van der Waals surface area contributed by atoms with E-state index in [1.165, 1.54) is 0 Å². The Morgan fingerprint density at radius 2 is 1.44 bits per heavy atom. The van der Waals surface area contributed by atoms with Gasteiger partial charge >= 0.3 is 24.2 Å². The predicted octanol–water partition coefficient (Wildman–Crippen LogP) is 1.63. The minimum Gasteiger partial charge on any atom is -0.726 e. The van der Waals surface area contributed by atoms with Gasteiger partial charge in [-0.15, -0.1) is 0 Å². The molecule has 0 unspecified atom stereocenters. The number of halogens is 8. The van der Waals surface area contributed by atoms with E-state index in [9.17, 15) is 48.1 Å². The Balaban J connectivity index is 5.20. The number of hydrogen-bond donors (Lipinski definition) is 0. The van der Waals surface area contributed by atoms with Crippen molar-refractivity contribution in [3.05, 3.63) is 0 Å². The summed E-state index contributed by atoms with van der Waals surface area (Å²) in [5.74, 6) is -19.0. The zero-order chi connectivity index (χ0) is 15.0. The summed E-state index contributed by atoms with van der Waals surface area (Å²) in [6, 6.07) is 0. The van der Waals surface area contributed by atoms with Gasteiger partial charge < -0.3 is 4.55 Å². The van der Waals surface area contributed by atoms with Gasteiger partial charge in [-0.1, -0.05) is 0 Å². The molecule has 110 valence electrons. The highest BCUT2D eigenvalue weighted by atomic mass is 32.3. The first-order valence-corrected chi connectivity index (χ1v) is 5.00. The van der Waals surface area contributed by atoms with Crippen molar-refractivity contribution in [3.8, 4) is 0 Å². The van der Waals surface area contributed by atoms with Crippen molar-refractivity contribution in [2.24, 2.45) is 0 Å². The van der Waals surface area contributed by atoms with E-state index in [1.807, 2.05) is 0 Å². The Bertz CT molecular complexity index is 390. The van der Waals surface area contributed by atoms with E-state index in [2.05, 4.69) is 4.18 Å². The molecule has 0 heterocycles. The van der Waals surface area contributed by atoms with E-state index < -0.39 is 41.2 Å². The Morgan fingerprint density at radius 3 is 1.72 bits per heavy atom. The van der Waals surface area contributed by atoms with Crippen LogP contribution in [-0.2, 0) is 14.6 Å². The lowest BCUT2D eigenvalue weighted by molar-refractivity contribution is -0.342. The lowest BCUT2D eigenvalue weighted by Crippen LogP contribution is -2.59. The van der Waals surface area contributed by atoms with Crippen LogP contribution in [0.3, 0.4) is 0 Å². The smallest absolute Gasteiger partial charge is 0.380 e. The fraction of sp³-hybridized carbons (Fsp3) is 1.00. The molecule has 0 fully saturated rings. The van der Waals surface area contributed by atoms with E-state index in [1.54, 1.807) is 0 Å². The summed E-state index contributed by atoms with van der Waals surface area (Å²) in [5.41, 5.74) is 0. The normalized spacial score (nSPS) is 15.2. The van der Waals surface area contributed by atoms with Crippen LogP contribution >= 0.6 is 0 Å². The van der Waals surface area contributed by atoms with Gasteiger partial charge in [0.05, 0.1) is 0 Å². The Hall–Kier alpha value is -0.690. The molecule has 0 atom stereocenters. The summed E-state index contributed by atoms with van der Waals surface area (Å²) in [5, 5.41) is 0. The minimum atomic E-state index is -6.61. The molecule has 4 nitrogen and oxygen atoms in total. The van der Waals surface area contributed by atoms with Crippen LogP contribution in [0.2, 0.25) is 0 Å². The maximum Gasteiger partial charge on any atom is 0.380 e.